The Bertz CT molecular complexity index is 949. The normalized spacial score (nSPS) is 27.7. The van der Waals surface area contributed by atoms with Crippen LogP contribution < -0.4 is 4.72 Å². The summed E-state index contributed by atoms with van der Waals surface area (Å²) in [6.45, 7) is 5.14. The molecule has 0 bridgehead atoms. The van der Waals surface area contributed by atoms with Gasteiger partial charge in [0.2, 0.25) is 10.0 Å². The fourth-order valence-corrected chi connectivity index (χ4v) is 5.83. The van der Waals surface area contributed by atoms with Gasteiger partial charge in [0.15, 0.2) is 0 Å². The van der Waals surface area contributed by atoms with Crippen LogP contribution in [-0.4, -0.2) is 54.9 Å². The van der Waals surface area contributed by atoms with Crippen molar-refractivity contribution in [3.8, 4) is 0 Å². The minimum absolute atomic E-state index is 0.263. The highest BCUT2D eigenvalue weighted by Gasteiger charge is 2.48. The minimum Gasteiger partial charge on any atom is -0.390 e. The van der Waals surface area contributed by atoms with E-state index in [1.807, 2.05) is 24.3 Å². The van der Waals surface area contributed by atoms with E-state index in [9.17, 15) is 13.5 Å². The Labute approximate surface area is 179 Å². The van der Waals surface area contributed by atoms with Gasteiger partial charge in [0.05, 0.1) is 23.7 Å². The lowest BCUT2D eigenvalue weighted by molar-refractivity contribution is 0.0353. The maximum absolute atomic E-state index is 11.3. The van der Waals surface area contributed by atoms with Crippen LogP contribution in [0.2, 0.25) is 0 Å². The van der Waals surface area contributed by atoms with Crippen molar-refractivity contribution in [2.45, 2.75) is 37.7 Å². The summed E-state index contributed by atoms with van der Waals surface area (Å²) in [5.41, 5.74) is 2.09. The number of nitrogens with zero attached hydrogens (tertiary/aromatic N) is 2. The fourth-order valence-electron chi connectivity index (χ4n) is 5.28. The first kappa shape index (κ1) is 21.3. The Morgan fingerprint density at radius 2 is 1.83 bits per heavy atom. The van der Waals surface area contributed by atoms with Gasteiger partial charge in [0, 0.05) is 37.7 Å². The Hall–Kier alpha value is -1.96. The third-order valence-corrected chi connectivity index (χ3v) is 7.05. The summed E-state index contributed by atoms with van der Waals surface area (Å²) in [6, 6.07) is 14.0. The lowest BCUT2D eigenvalue weighted by Crippen LogP contribution is -2.33. The molecule has 0 spiro atoms. The predicted molar refractivity (Wildman–Crippen MR) is 119 cm³/mol. The quantitative estimate of drug-likeness (QED) is 0.707. The van der Waals surface area contributed by atoms with Crippen molar-refractivity contribution in [2.24, 2.45) is 11.8 Å². The van der Waals surface area contributed by atoms with Crippen LogP contribution in [-0.2, 0) is 16.4 Å². The van der Waals surface area contributed by atoms with Crippen LogP contribution in [0.4, 0.5) is 5.69 Å². The number of sulfonamides is 1. The summed E-state index contributed by atoms with van der Waals surface area (Å²) in [6.07, 6.45) is 5.21. The summed E-state index contributed by atoms with van der Waals surface area (Å²) in [5.74, 6) is 1.37. The third-order valence-electron chi connectivity index (χ3n) is 6.44. The number of benzene rings is 1. The van der Waals surface area contributed by atoms with Gasteiger partial charge in [-0.1, -0.05) is 37.3 Å². The molecule has 1 aromatic heterocycles. The van der Waals surface area contributed by atoms with Gasteiger partial charge < -0.3 is 10.0 Å². The molecule has 2 aromatic rings. The van der Waals surface area contributed by atoms with Crippen molar-refractivity contribution in [3.05, 3.63) is 59.9 Å². The van der Waals surface area contributed by atoms with E-state index in [4.69, 9.17) is 0 Å². The topological polar surface area (TPSA) is 82.5 Å². The smallest absolute Gasteiger partial charge is 0.229 e. The summed E-state index contributed by atoms with van der Waals surface area (Å²) < 4.78 is 25.1. The molecule has 2 fully saturated rings. The van der Waals surface area contributed by atoms with Gasteiger partial charge in [0.25, 0.3) is 0 Å². The average molecular weight is 430 g/mol. The van der Waals surface area contributed by atoms with Crippen LogP contribution in [0.25, 0.3) is 0 Å². The lowest BCUT2D eigenvalue weighted by Gasteiger charge is -2.27. The largest absolute Gasteiger partial charge is 0.390 e. The molecule has 4 rings (SSSR count). The number of aromatic nitrogens is 1. The lowest BCUT2D eigenvalue weighted by atomic mass is 9.91. The number of anilines is 1. The van der Waals surface area contributed by atoms with Crippen LogP contribution in [0.1, 0.15) is 36.9 Å². The van der Waals surface area contributed by atoms with Crippen LogP contribution in [0.15, 0.2) is 48.7 Å². The summed E-state index contributed by atoms with van der Waals surface area (Å²) >= 11 is 0. The summed E-state index contributed by atoms with van der Waals surface area (Å²) in [4.78, 5) is 6.95. The molecule has 6 nitrogen and oxygen atoms in total. The zero-order valence-corrected chi connectivity index (χ0v) is 18.5. The second-order valence-corrected chi connectivity index (χ2v) is 11.0. The van der Waals surface area contributed by atoms with Crippen molar-refractivity contribution in [2.75, 3.05) is 30.6 Å². The third kappa shape index (κ3) is 5.20. The number of fused-ring (bicyclic) bond motifs is 1. The van der Waals surface area contributed by atoms with Gasteiger partial charge in [-0.05, 0) is 42.4 Å². The number of rotatable bonds is 7. The van der Waals surface area contributed by atoms with Crippen LogP contribution >= 0.6 is 0 Å². The molecule has 2 aliphatic rings. The highest BCUT2D eigenvalue weighted by Crippen LogP contribution is 2.45. The van der Waals surface area contributed by atoms with Crippen LogP contribution in [0, 0.1) is 11.8 Å². The fraction of sp³-hybridized carbons (Fsp3) is 0.522. The van der Waals surface area contributed by atoms with E-state index in [1.165, 1.54) is 5.56 Å². The summed E-state index contributed by atoms with van der Waals surface area (Å²) in [5, 5.41) is 11.1. The van der Waals surface area contributed by atoms with Crippen molar-refractivity contribution in [1.82, 2.24) is 9.88 Å². The van der Waals surface area contributed by atoms with Crippen LogP contribution in [0.5, 0.6) is 0 Å². The van der Waals surface area contributed by atoms with E-state index in [0.29, 0.717) is 17.5 Å². The molecule has 1 aliphatic carbocycles. The van der Waals surface area contributed by atoms with E-state index in [-0.39, 0.29) is 5.92 Å². The molecule has 1 saturated carbocycles. The molecule has 1 aliphatic heterocycles. The van der Waals surface area contributed by atoms with Crippen molar-refractivity contribution >= 4 is 15.7 Å². The Balaban J connectivity index is 1.30. The van der Waals surface area contributed by atoms with E-state index in [1.54, 1.807) is 12.3 Å². The molecule has 2 N–H and O–H groups in total. The number of hydrogen-bond donors (Lipinski definition) is 2. The van der Waals surface area contributed by atoms with Gasteiger partial charge >= 0.3 is 0 Å². The minimum atomic E-state index is -3.29. The predicted octanol–water partition coefficient (Wildman–Crippen LogP) is 2.87. The van der Waals surface area contributed by atoms with Gasteiger partial charge in [-0.15, -0.1) is 0 Å². The SMILES string of the molecule is CC(CN1C[C@@H]2C[C@@](O)(Cc3ccccc3)C[C@@H]2C1)c1ccc(NS(C)(=O)=O)cn1. The first-order valence-corrected chi connectivity index (χ1v) is 12.5. The second kappa shape index (κ2) is 8.29. The molecular formula is C23H31N3O3S. The highest BCUT2D eigenvalue weighted by molar-refractivity contribution is 7.92. The molecular weight excluding hydrogens is 398 g/mol. The molecule has 0 radical (unpaired) electrons. The molecule has 1 aromatic carbocycles. The maximum atomic E-state index is 11.3. The van der Waals surface area contributed by atoms with E-state index >= 15 is 0 Å². The second-order valence-electron chi connectivity index (χ2n) is 9.28. The van der Waals surface area contributed by atoms with Crippen molar-refractivity contribution in [1.29, 1.82) is 0 Å². The summed E-state index contributed by atoms with van der Waals surface area (Å²) in [7, 11) is -3.29. The molecule has 1 unspecified atom stereocenters. The van der Waals surface area contributed by atoms with Gasteiger partial charge in [-0.3, -0.25) is 9.71 Å². The number of likely N-dealkylation sites (tertiary alicyclic amines) is 1. The molecule has 162 valence electrons. The van der Waals surface area contributed by atoms with E-state index < -0.39 is 15.6 Å². The highest BCUT2D eigenvalue weighted by atomic mass is 32.2. The van der Waals surface area contributed by atoms with E-state index in [2.05, 4.69) is 33.7 Å². The Morgan fingerprint density at radius 3 is 2.40 bits per heavy atom. The average Bonchev–Trinajstić information content (AvgIpc) is 3.15. The van der Waals surface area contributed by atoms with E-state index in [0.717, 1.165) is 50.8 Å². The number of hydrogen-bond acceptors (Lipinski definition) is 5. The number of nitrogens with one attached hydrogen (secondary N) is 1. The number of aliphatic hydroxyl groups is 1. The molecule has 4 atom stereocenters. The zero-order valence-electron chi connectivity index (χ0n) is 17.7. The molecule has 2 heterocycles. The monoisotopic (exact) mass is 429 g/mol. The van der Waals surface area contributed by atoms with Crippen molar-refractivity contribution < 1.29 is 13.5 Å². The van der Waals surface area contributed by atoms with Gasteiger partial charge in [-0.2, -0.15) is 0 Å². The van der Waals surface area contributed by atoms with Gasteiger partial charge in [-0.25, -0.2) is 8.42 Å². The maximum Gasteiger partial charge on any atom is 0.229 e. The first-order valence-electron chi connectivity index (χ1n) is 10.6. The molecule has 7 heteroatoms. The number of pyridine rings is 1. The van der Waals surface area contributed by atoms with Gasteiger partial charge in [0.1, 0.15) is 0 Å². The molecule has 0 amide bonds. The first-order chi connectivity index (χ1) is 14.2. The van der Waals surface area contributed by atoms with Crippen molar-refractivity contribution in [3.63, 3.8) is 0 Å². The van der Waals surface area contributed by atoms with Crippen LogP contribution in [0.3, 0.4) is 0 Å². The Kier molecular flexibility index (Phi) is 5.88. The molecule has 1 saturated heterocycles. The Morgan fingerprint density at radius 1 is 1.17 bits per heavy atom. The zero-order chi connectivity index (χ0) is 21.4. The standard InChI is InChI=1S/C23H31N3O3S/c1-17(22-9-8-21(13-24-22)25-30(2,28)29)14-26-15-19-11-23(27,12-20(19)16-26)10-18-6-4-3-5-7-18/h3-9,13,17,19-20,25,27H,10-12,14-16H2,1-2H3/t17?,19-,20+,23-. The molecule has 30 heavy (non-hydrogen) atoms.